The van der Waals surface area contributed by atoms with E-state index in [1.54, 1.807) is 18.2 Å². The summed E-state index contributed by atoms with van der Waals surface area (Å²) in [5.74, 6) is -0.934. The van der Waals surface area contributed by atoms with Gasteiger partial charge in [-0.05, 0) is 31.2 Å². The highest BCUT2D eigenvalue weighted by atomic mass is 16.4. The Bertz CT molecular complexity index is 564. The number of aromatic nitrogens is 1. The molecule has 2 aromatic rings. The summed E-state index contributed by atoms with van der Waals surface area (Å²) in [4.78, 5) is 15.2. The van der Waals surface area contributed by atoms with E-state index in [4.69, 9.17) is 5.11 Å². The van der Waals surface area contributed by atoms with E-state index in [9.17, 15) is 4.79 Å². The minimum Gasteiger partial charge on any atom is -0.478 e. The van der Waals surface area contributed by atoms with Crippen LogP contribution in [-0.2, 0) is 0 Å². The molecule has 1 aromatic carbocycles. The average molecular weight is 216 g/mol. The fraction of sp³-hybridized carbons (Fsp3) is 0.167. The van der Waals surface area contributed by atoms with Crippen LogP contribution in [0.3, 0.4) is 0 Å². The third kappa shape index (κ3) is 1.69. The third-order valence-corrected chi connectivity index (χ3v) is 2.45. The van der Waals surface area contributed by atoms with E-state index < -0.39 is 5.97 Å². The summed E-state index contributed by atoms with van der Waals surface area (Å²) in [5, 5.41) is 12.9. The number of aromatic carboxylic acids is 1. The molecule has 1 aromatic heterocycles. The first-order chi connectivity index (χ1) is 7.61. The van der Waals surface area contributed by atoms with Crippen molar-refractivity contribution in [1.29, 1.82) is 0 Å². The summed E-state index contributed by atoms with van der Waals surface area (Å²) in [6, 6.07) is 6.88. The van der Waals surface area contributed by atoms with Gasteiger partial charge in [-0.2, -0.15) is 0 Å². The molecule has 0 unspecified atom stereocenters. The first-order valence-corrected chi connectivity index (χ1v) is 4.94. The Balaban J connectivity index is 2.74. The third-order valence-electron chi connectivity index (χ3n) is 2.45. The van der Waals surface area contributed by atoms with Crippen molar-refractivity contribution in [3.63, 3.8) is 0 Å². The van der Waals surface area contributed by atoms with E-state index in [0.717, 1.165) is 16.8 Å². The second-order valence-electron chi connectivity index (χ2n) is 3.60. The van der Waals surface area contributed by atoms with E-state index in [1.807, 2.05) is 20.0 Å². The van der Waals surface area contributed by atoms with E-state index in [-0.39, 0.29) is 5.56 Å². The van der Waals surface area contributed by atoms with Gasteiger partial charge in [-0.1, -0.05) is 0 Å². The lowest BCUT2D eigenvalue weighted by molar-refractivity contribution is 0.0697. The lowest BCUT2D eigenvalue weighted by Crippen LogP contribution is -1.98. The maximum atomic E-state index is 10.8. The van der Waals surface area contributed by atoms with E-state index >= 15 is 0 Å². The number of fused-ring (bicyclic) bond motifs is 1. The molecule has 0 fully saturated rings. The van der Waals surface area contributed by atoms with Crippen LogP contribution >= 0.6 is 0 Å². The summed E-state index contributed by atoms with van der Waals surface area (Å²) in [6.07, 6.45) is 0. The smallest absolute Gasteiger partial charge is 0.335 e. The zero-order valence-corrected chi connectivity index (χ0v) is 9.11. The molecule has 0 spiro atoms. The van der Waals surface area contributed by atoms with Gasteiger partial charge in [-0.15, -0.1) is 0 Å². The van der Waals surface area contributed by atoms with Crippen molar-refractivity contribution >= 4 is 22.6 Å². The summed E-state index contributed by atoms with van der Waals surface area (Å²) >= 11 is 0. The number of hydrogen-bond donors (Lipinski definition) is 2. The van der Waals surface area contributed by atoms with Crippen molar-refractivity contribution in [2.45, 2.75) is 6.92 Å². The number of benzene rings is 1. The Morgan fingerprint density at radius 2 is 2.12 bits per heavy atom. The fourth-order valence-electron chi connectivity index (χ4n) is 1.70. The molecule has 0 saturated heterocycles. The molecule has 0 saturated carbocycles. The van der Waals surface area contributed by atoms with Crippen LogP contribution in [0.2, 0.25) is 0 Å². The van der Waals surface area contributed by atoms with Crippen molar-refractivity contribution in [3.05, 3.63) is 35.5 Å². The van der Waals surface area contributed by atoms with Crippen LogP contribution < -0.4 is 5.32 Å². The Labute approximate surface area is 92.9 Å². The molecule has 0 aliphatic carbocycles. The maximum Gasteiger partial charge on any atom is 0.335 e. The van der Waals surface area contributed by atoms with Crippen LogP contribution in [0.4, 0.5) is 5.69 Å². The molecule has 0 aliphatic heterocycles. The van der Waals surface area contributed by atoms with Gasteiger partial charge in [-0.3, -0.25) is 4.98 Å². The lowest BCUT2D eigenvalue weighted by Gasteiger charge is -2.07. The molecule has 0 atom stereocenters. The predicted molar refractivity (Wildman–Crippen MR) is 63.0 cm³/mol. The number of aryl methyl sites for hydroxylation is 1. The molecule has 16 heavy (non-hydrogen) atoms. The number of rotatable bonds is 2. The number of anilines is 1. The van der Waals surface area contributed by atoms with Crippen LogP contribution in [0.5, 0.6) is 0 Å². The molecule has 4 nitrogen and oxygen atoms in total. The molecule has 1 heterocycles. The SMILES string of the molecule is CNc1cc(C)nc2cc(C(=O)O)ccc12. The van der Waals surface area contributed by atoms with E-state index in [0.29, 0.717) is 5.52 Å². The summed E-state index contributed by atoms with van der Waals surface area (Å²) < 4.78 is 0. The summed E-state index contributed by atoms with van der Waals surface area (Å²) in [5.41, 5.74) is 2.77. The Morgan fingerprint density at radius 3 is 2.75 bits per heavy atom. The normalized spacial score (nSPS) is 10.4. The topological polar surface area (TPSA) is 62.2 Å². The molecular weight excluding hydrogens is 204 g/mol. The van der Waals surface area contributed by atoms with Crippen molar-refractivity contribution < 1.29 is 9.90 Å². The van der Waals surface area contributed by atoms with Crippen molar-refractivity contribution in [1.82, 2.24) is 4.98 Å². The number of nitrogens with zero attached hydrogens (tertiary/aromatic N) is 1. The highest BCUT2D eigenvalue weighted by Crippen LogP contribution is 2.23. The lowest BCUT2D eigenvalue weighted by atomic mass is 10.1. The maximum absolute atomic E-state index is 10.8. The first-order valence-electron chi connectivity index (χ1n) is 4.94. The zero-order valence-electron chi connectivity index (χ0n) is 9.11. The van der Waals surface area contributed by atoms with Gasteiger partial charge in [0.15, 0.2) is 0 Å². The van der Waals surface area contributed by atoms with Gasteiger partial charge in [0.2, 0.25) is 0 Å². The number of carboxylic acids is 1. The molecule has 2 N–H and O–H groups in total. The number of nitrogens with one attached hydrogen (secondary N) is 1. The zero-order chi connectivity index (χ0) is 11.7. The minimum atomic E-state index is -0.934. The first kappa shape index (κ1) is 10.4. The predicted octanol–water partition coefficient (Wildman–Crippen LogP) is 2.28. The van der Waals surface area contributed by atoms with Crippen molar-refractivity contribution in [2.75, 3.05) is 12.4 Å². The molecular formula is C12H12N2O2. The highest BCUT2D eigenvalue weighted by Gasteiger charge is 2.07. The largest absolute Gasteiger partial charge is 0.478 e. The summed E-state index contributed by atoms with van der Waals surface area (Å²) in [7, 11) is 1.83. The quantitative estimate of drug-likeness (QED) is 0.808. The van der Waals surface area contributed by atoms with Gasteiger partial charge in [-0.25, -0.2) is 4.79 Å². The van der Waals surface area contributed by atoms with Crippen LogP contribution in [0.1, 0.15) is 16.1 Å². The van der Waals surface area contributed by atoms with Gasteiger partial charge in [0.1, 0.15) is 0 Å². The number of pyridine rings is 1. The van der Waals surface area contributed by atoms with Gasteiger partial charge < -0.3 is 10.4 Å². The minimum absolute atomic E-state index is 0.257. The Hall–Kier alpha value is -2.10. The summed E-state index contributed by atoms with van der Waals surface area (Å²) in [6.45, 7) is 1.88. The Morgan fingerprint density at radius 1 is 1.38 bits per heavy atom. The molecule has 0 radical (unpaired) electrons. The second-order valence-corrected chi connectivity index (χ2v) is 3.60. The molecule has 0 aliphatic rings. The highest BCUT2D eigenvalue weighted by molar-refractivity contribution is 5.97. The number of hydrogen-bond acceptors (Lipinski definition) is 3. The van der Waals surface area contributed by atoms with Crippen molar-refractivity contribution in [2.24, 2.45) is 0 Å². The van der Waals surface area contributed by atoms with Crippen LogP contribution in [0.15, 0.2) is 24.3 Å². The Kier molecular flexibility index (Phi) is 2.48. The van der Waals surface area contributed by atoms with Gasteiger partial charge in [0.25, 0.3) is 0 Å². The van der Waals surface area contributed by atoms with E-state index in [1.165, 1.54) is 0 Å². The van der Waals surface area contributed by atoms with Crippen molar-refractivity contribution in [3.8, 4) is 0 Å². The molecule has 82 valence electrons. The van der Waals surface area contributed by atoms with Crippen LogP contribution in [0.25, 0.3) is 10.9 Å². The molecule has 4 heteroatoms. The second kappa shape index (κ2) is 3.81. The van der Waals surface area contributed by atoms with Crippen LogP contribution in [0, 0.1) is 6.92 Å². The van der Waals surface area contributed by atoms with Gasteiger partial charge >= 0.3 is 5.97 Å². The fourth-order valence-corrected chi connectivity index (χ4v) is 1.70. The van der Waals surface area contributed by atoms with Crippen LogP contribution in [-0.4, -0.2) is 23.1 Å². The average Bonchev–Trinajstić information content (AvgIpc) is 2.26. The molecule has 0 amide bonds. The van der Waals surface area contributed by atoms with E-state index in [2.05, 4.69) is 10.3 Å². The molecule has 0 bridgehead atoms. The number of carbonyl (C=O) groups is 1. The van der Waals surface area contributed by atoms with Gasteiger partial charge in [0, 0.05) is 23.8 Å². The monoisotopic (exact) mass is 216 g/mol. The standard InChI is InChI=1S/C12H12N2O2/c1-7-5-10(13-2)9-4-3-8(12(15)16)6-11(9)14-7/h3-6H,1-2H3,(H,13,14)(H,15,16). The number of carboxylic acid groups (broad SMARTS) is 1. The molecule has 2 rings (SSSR count). The van der Waals surface area contributed by atoms with Gasteiger partial charge in [0.05, 0.1) is 11.1 Å².